The fourth-order valence-electron chi connectivity index (χ4n) is 1.57. The summed E-state index contributed by atoms with van der Waals surface area (Å²) in [6, 6.07) is 1.74. The molecule has 2 N–H and O–H groups in total. The molecule has 4 nitrogen and oxygen atoms in total. The SMILES string of the molecule is CCNc1cnccc1C(=O)NCCC(C)(C)C. The summed E-state index contributed by atoms with van der Waals surface area (Å²) in [5.41, 5.74) is 1.67. The van der Waals surface area contributed by atoms with Crippen molar-refractivity contribution in [1.82, 2.24) is 10.3 Å². The lowest BCUT2D eigenvalue weighted by atomic mass is 9.92. The highest BCUT2D eigenvalue weighted by atomic mass is 16.1. The summed E-state index contributed by atoms with van der Waals surface area (Å²) in [6.07, 6.45) is 4.28. The molecule has 4 heteroatoms. The van der Waals surface area contributed by atoms with Crippen molar-refractivity contribution in [3.63, 3.8) is 0 Å². The van der Waals surface area contributed by atoms with Gasteiger partial charge in [0, 0.05) is 19.3 Å². The smallest absolute Gasteiger partial charge is 0.253 e. The van der Waals surface area contributed by atoms with Crippen LogP contribution in [0.1, 0.15) is 44.5 Å². The van der Waals surface area contributed by atoms with Gasteiger partial charge in [0.1, 0.15) is 0 Å². The molecule has 1 amide bonds. The Morgan fingerprint density at radius 1 is 1.39 bits per heavy atom. The Morgan fingerprint density at radius 3 is 2.72 bits per heavy atom. The lowest BCUT2D eigenvalue weighted by Gasteiger charge is -2.18. The maximum absolute atomic E-state index is 12.0. The molecule has 0 aliphatic rings. The van der Waals surface area contributed by atoms with E-state index < -0.39 is 0 Å². The number of pyridine rings is 1. The van der Waals surface area contributed by atoms with Gasteiger partial charge in [0.15, 0.2) is 0 Å². The van der Waals surface area contributed by atoms with Crippen LogP contribution in [0.3, 0.4) is 0 Å². The molecule has 0 unspecified atom stereocenters. The summed E-state index contributed by atoms with van der Waals surface area (Å²) in [4.78, 5) is 16.1. The predicted molar refractivity (Wildman–Crippen MR) is 74.8 cm³/mol. The molecule has 1 aromatic rings. The number of aromatic nitrogens is 1. The van der Waals surface area contributed by atoms with Crippen molar-refractivity contribution < 1.29 is 4.79 Å². The second-order valence-electron chi connectivity index (χ2n) is 5.52. The molecule has 0 fully saturated rings. The summed E-state index contributed by atoms with van der Waals surface area (Å²) in [6.45, 7) is 9.94. The zero-order valence-electron chi connectivity index (χ0n) is 11.7. The largest absolute Gasteiger partial charge is 0.383 e. The lowest BCUT2D eigenvalue weighted by Crippen LogP contribution is -2.28. The molecule has 0 radical (unpaired) electrons. The third-order valence-electron chi connectivity index (χ3n) is 2.59. The van der Waals surface area contributed by atoms with Crippen LogP contribution in [0.2, 0.25) is 0 Å². The van der Waals surface area contributed by atoms with Crippen molar-refractivity contribution in [1.29, 1.82) is 0 Å². The Hall–Kier alpha value is -1.58. The van der Waals surface area contributed by atoms with E-state index in [0.717, 1.165) is 18.7 Å². The van der Waals surface area contributed by atoms with Crippen LogP contribution >= 0.6 is 0 Å². The maximum Gasteiger partial charge on any atom is 0.253 e. The normalized spacial score (nSPS) is 11.1. The number of carbonyl (C=O) groups excluding carboxylic acids is 1. The zero-order valence-corrected chi connectivity index (χ0v) is 11.7. The lowest BCUT2D eigenvalue weighted by molar-refractivity contribution is 0.0950. The minimum atomic E-state index is -0.0439. The van der Waals surface area contributed by atoms with Crippen LogP contribution in [0.5, 0.6) is 0 Å². The van der Waals surface area contributed by atoms with Crippen LogP contribution in [0.15, 0.2) is 18.5 Å². The van der Waals surface area contributed by atoms with Crippen LogP contribution in [0.25, 0.3) is 0 Å². The molecule has 0 saturated carbocycles. The molecule has 0 atom stereocenters. The van der Waals surface area contributed by atoms with Gasteiger partial charge in [0.05, 0.1) is 17.4 Å². The molecule has 1 rings (SSSR count). The summed E-state index contributed by atoms with van der Waals surface area (Å²) >= 11 is 0. The molecule has 1 heterocycles. The van der Waals surface area contributed by atoms with Crippen molar-refractivity contribution in [2.24, 2.45) is 5.41 Å². The average Bonchev–Trinajstić information content (AvgIpc) is 2.28. The van der Waals surface area contributed by atoms with Gasteiger partial charge in [-0.2, -0.15) is 0 Å². The van der Waals surface area contributed by atoms with Crippen LogP contribution in [0, 0.1) is 5.41 Å². The molecule has 0 aliphatic heterocycles. The van der Waals surface area contributed by atoms with Crippen LogP contribution < -0.4 is 10.6 Å². The number of carbonyl (C=O) groups is 1. The molecule has 0 saturated heterocycles. The monoisotopic (exact) mass is 249 g/mol. The molecule has 0 aliphatic carbocycles. The van der Waals surface area contributed by atoms with Crippen molar-refractivity contribution in [2.75, 3.05) is 18.4 Å². The van der Waals surface area contributed by atoms with Crippen molar-refractivity contribution >= 4 is 11.6 Å². The highest BCUT2D eigenvalue weighted by Gasteiger charge is 2.13. The summed E-state index contributed by atoms with van der Waals surface area (Å²) in [5.74, 6) is -0.0439. The van der Waals surface area contributed by atoms with E-state index >= 15 is 0 Å². The maximum atomic E-state index is 12.0. The van der Waals surface area contributed by atoms with Gasteiger partial charge in [0.25, 0.3) is 5.91 Å². The second kappa shape index (κ2) is 6.38. The number of nitrogens with one attached hydrogen (secondary N) is 2. The highest BCUT2D eigenvalue weighted by molar-refractivity contribution is 5.99. The van der Waals surface area contributed by atoms with E-state index in [1.165, 1.54) is 0 Å². The van der Waals surface area contributed by atoms with E-state index in [0.29, 0.717) is 12.1 Å². The summed E-state index contributed by atoms with van der Waals surface area (Å²) < 4.78 is 0. The van der Waals surface area contributed by atoms with E-state index in [9.17, 15) is 4.79 Å². The Morgan fingerprint density at radius 2 is 2.11 bits per heavy atom. The molecule has 100 valence electrons. The van der Waals surface area contributed by atoms with Gasteiger partial charge in [-0.05, 0) is 24.8 Å². The Balaban J connectivity index is 2.61. The van der Waals surface area contributed by atoms with Crippen molar-refractivity contribution in [3.8, 4) is 0 Å². The van der Waals surface area contributed by atoms with Crippen molar-refractivity contribution in [3.05, 3.63) is 24.0 Å². The molecular weight excluding hydrogens is 226 g/mol. The van der Waals surface area contributed by atoms with E-state index in [-0.39, 0.29) is 11.3 Å². The number of amides is 1. The van der Waals surface area contributed by atoms with Gasteiger partial charge in [-0.25, -0.2) is 0 Å². The number of anilines is 1. The standard InChI is InChI=1S/C14H23N3O/c1-5-16-12-10-15-8-6-11(12)13(18)17-9-7-14(2,3)4/h6,8,10,16H,5,7,9H2,1-4H3,(H,17,18). The number of rotatable bonds is 5. The molecule has 1 aromatic heterocycles. The van der Waals surface area contributed by atoms with Gasteiger partial charge in [0.2, 0.25) is 0 Å². The van der Waals surface area contributed by atoms with Gasteiger partial charge < -0.3 is 10.6 Å². The van der Waals surface area contributed by atoms with Gasteiger partial charge in [-0.1, -0.05) is 20.8 Å². The fourth-order valence-corrected chi connectivity index (χ4v) is 1.57. The summed E-state index contributed by atoms with van der Waals surface area (Å²) in [7, 11) is 0. The Kier molecular flexibility index (Phi) is 5.13. The molecular formula is C14H23N3O. The first-order valence-corrected chi connectivity index (χ1v) is 6.40. The minimum Gasteiger partial charge on any atom is -0.383 e. The number of hydrogen-bond acceptors (Lipinski definition) is 3. The first kappa shape index (κ1) is 14.5. The number of hydrogen-bond donors (Lipinski definition) is 2. The van der Waals surface area contributed by atoms with E-state index in [1.54, 1.807) is 18.5 Å². The van der Waals surface area contributed by atoms with Gasteiger partial charge >= 0.3 is 0 Å². The molecule has 18 heavy (non-hydrogen) atoms. The summed E-state index contributed by atoms with van der Waals surface area (Å²) in [5, 5.41) is 6.09. The van der Waals surface area contributed by atoms with E-state index in [4.69, 9.17) is 0 Å². The van der Waals surface area contributed by atoms with E-state index in [1.807, 2.05) is 6.92 Å². The Labute approximate surface area is 109 Å². The first-order valence-electron chi connectivity index (χ1n) is 6.40. The van der Waals surface area contributed by atoms with Crippen LogP contribution in [-0.4, -0.2) is 24.0 Å². The van der Waals surface area contributed by atoms with Gasteiger partial charge in [-0.15, -0.1) is 0 Å². The first-order chi connectivity index (χ1) is 8.44. The Bertz CT molecular complexity index is 396. The highest BCUT2D eigenvalue weighted by Crippen LogP contribution is 2.17. The zero-order chi connectivity index (χ0) is 13.6. The second-order valence-corrected chi connectivity index (χ2v) is 5.52. The third kappa shape index (κ3) is 4.73. The minimum absolute atomic E-state index is 0.0439. The molecule has 0 spiro atoms. The number of nitrogens with zero attached hydrogens (tertiary/aromatic N) is 1. The molecule has 0 aromatic carbocycles. The van der Waals surface area contributed by atoms with Crippen molar-refractivity contribution in [2.45, 2.75) is 34.1 Å². The quantitative estimate of drug-likeness (QED) is 0.843. The third-order valence-corrected chi connectivity index (χ3v) is 2.59. The van der Waals surface area contributed by atoms with Crippen LogP contribution in [-0.2, 0) is 0 Å². The van der Waals surface area contributed by atoms with Crippen LogP contribution in [0.4, 0.5) is 5.69 Å². The van der Waals surface area contributed by atoms with E-state index in [2.05, 4.69) is 36.4 Å². The fraction of sp³-hybridized carbons (Fsp3) is 0.571. The predicted octanol–water partition coefficient (Wildman–Crippen LogP) is 2.68. The topological polar surface area (TPSA) is 54.0 Å². The van der Waals surface area contributed by atoms with Gasteiger partial charge in [-0.3, -0.25) is 9.78 Å². The average molecular weight is 249 g/mol. The molecule has 0 bridgehead atoms.